The minimum absolute atomic E-state index is 0.00565. The molecule has 0 aliphatic carbocycles. The van der Waals surface area contributed by atoms with E-state index >= 15 is 0 Å². The van der Waals surface area contributed by atoms with Crippen LogP contribution >= 0.6 is 0 Å². The summed E-state index contributed by atoms with van der Waals surface area (Å²) in [6.07, 6.45) is 3.25. The Kier molecular flexibility index (Phi) is 4.50. The summed E-state index contributed by atoms with van der Waals surface area (Å²) >= 11 is 0. The van der Waals surface area contributed by atoms with Gasteiger partial charge < -0.3 is 10.6 Å². The smallest absolute Gasteiger partial charge is 0.220 e. The van der Waals surface area contributed by atoms with Gasteiger partial charge in [0, 0.05) is 19.5 Å². The molecule has 5 nitrogen and oxygen atoms in total. The molecule has 6 heteroatoms. The zero-order chi connectivity index (χ0) is 13.9. The first-order valence-corrected chi connectivity index (χ1v) is 8.89. The summed E-state index contributed by atoms with van der Waals surface area (Å²) in [5.41, 5.74) is 0.135. The van der Waals surface area contributed by atoms with Gasteiger partial charge in [-0.1, -0.05) is 6.92 Å². The molecule has 110 valence electrons. The van der Waals surface area contributed by atoms with Crippen molar-refractivity contribution in [3.63, 3.8) is 0 Å². The average Bonchev–Trinajstić information content (AvgIpc) is 2.67. The summed E-state index contributed by atoms with van der Waals surface area (Å²) in [6, 6.07) is 0. The van der Waals surface area contributed by atoms with E-state index < -0.39 is 9.84 Å². The Morgan fingerprint density at radius 1 is 1.47 bits per heavy atom. The molecule has 19 heavy (non-hydrogen) atoms. The van der Waals surface area contributed by atoms with Crippen molar-refractivity contribution in [3.05, 3.63) is 0 Å². The molecule has 2 N–H and O–H groups in total. The molecule has 0 spiro atoms. The lowest BCUT2D eigenvalue weighted by Crippen LogP contribution is -2.45. The maximum absolute atomic E-state index is 11.9. The Morgan fingerprint density at radius 2 is 2.26 bits per heavy atom. The van der Waals surface area contributed by atoms with E-state index in [1.54, 1.807) is 0 Å². The lowest BCUT2D eigenvalue weighted by atomic mass is 9.83. The van der Waals surface area contributed by atoms with Gasteiger partial charge in [-0.25, -0.2) is 8.42 Å². The second kappa shape index (κ2) is 5.79. The molecule has 0 bridgehead atoms. The Labute approximate surface area is 115 Å². The van der Waals surface area contributed by atoms with Gasteiger partial charge in [-0.2, -0.15) is 0 Å². The van der Waals surface area contributed by atoms with Crippen molar-refractivity contribution in [2.75, 3.05) is 31.1 Å². The summed E-state index contributed by atoms with van der Waals surface area (Å²) < 4.78 is 22.7. The van der Waals surface area contributed by atoms with Crippen LogP contribution in [0, 0.1) is 11.3 Å². The second-order valence-electron chi connectivity index (χ2n) is 6.34. The maximum atomic E-state index is 11.9. The standard InChI is InChI=1S/C13H24N2O3S/c1-13(4-2-5-14-9-13)10-15-12(16)7-11-3-6-19(17,18)8-11/h11,14H,2-10H2,1H3,(H,15,16). The van der Waals surface area contributed by atoms with Crippen molar-refractivity contribution in [1.82, 2.24) is 10.6 Å². The summed E-state index contributed by atoms with van der Waals surface area (Å²) in [4.78, 5) is 11.9. The molecular formula is C13H24N2O3S. The zero-order valence-electron chi connectivity index (χ0n) is 11.6. The van der Waals surface area contributed by atoms with Crippen LogP contribution in [0.15, 0.2) is 0 Å². The van der Waals surface area contributed by atoms with Crippen molar-refractivity contribution in [2.24, 2.45) is 11.3 Å². The largest absolute Gasteiger partial charge is 0.355 e. The van der Waals surface area contributed by atoms with Crippen LogP contribution in [0.4, 0.5) is 0 Å². The fourth-order valence-corrected chi connectivity index (χ4v) is 4.81. The number of hydrogen-bond donors (Lipinski definition) is 2. The quantitative estimate of drug-likeness (QED) is 0.781. The molecule has 2 saturated heterocycles. The number of amides is 1. The minimum Gasteiger partial charge on any atom is -0.355 e. The van der Waals surface area contributed by atoms with Crippen LogP contribution in [0.5, 0.6) is 0 Å². The molecule has 2 fully saturated rings. The van der Waals surface area contributed by atoms with Crippen molar-refractivity contribution < 1.29 is 13.2 Å². The van der Waals surface area contributed by atoms with Crippen LogP contribution in [0.1, 0.15) is 32.6 Å². The first-order chi connectivity index (χ1) is 8.89. The van der Waals surface area contributed by atoms with Gasteiger partial charge in [-0.15, -0.1) is 0 Å². The zero-order valence-corrected chi connectivity index (χ0v) is 12.4. The van der Waals surface area contributed by atoms with Gasteiger partial charge in [0.05, 0.1) is 11.5 Å². The van der Waals surface area contributed by atoms with E-state index in [0.717, 1.165) is 25.9 Å². The lowest BCUT2D eigenvalue weighted by molar-refractivity contribution is -0.122. The Balaban J connectivity index is 1.73. The number of carbonyl (C=O) groups excluding carboxylic acids is 1. The third kappa shape index (κ3) is 4.45. The number of rotatable bonds is 4. The average molecular weight is 288 g/mol. The monoisotopic (exact) mass is 288 g/mol. The van der Waals surface area contributed by atoms with Crippen LogP contribution in [-0.2, 0) is 14.6 Å². The lowest BCUT2D eigenvalue weighted by Gasteiger charge is -2.34. The molecule has 2 unspecified atom stereocenters. The van der Waals surface area contributed by atoms with E-state index in [4.69, 9.17) is 0 Å². The van der Waals surface area contributed by atoms with Crippen LogP contribution in [0.2, 0.25) is 0 Å². The maximum Gasteiger partial charge on any atom is 0.220 e. The van der Waals surface area contributed by atoms with Crippen LogP contribution in [-0.4, -0.2) is 45.5 Å². The number of piperidine rings is 1. The van der Waals surface area contributed by atoms with Gasteiger partial charge in [0.25, 0.3) is 0 Å². The van der Waals surface area contributed by atoms with Crippen molar-refractivity contribution in [3.8, 4) is 0 Å². The third-order valence-corrected chi connectivity index (χ3v) is 6.04. The fraction of sp³-hybridized carbons (Fsp3) is 0.923. The fourth-order valence-electron chi connectivity index (χ4n) is 2.95. The topological polar surface area (TPSA) is 75.3 Å². The SMILES string of the molecule is CC1(CNC(=O)CC2CCS(=O)(=O)C2)CCCNC1. The Hall–Kier alpha value is -0.620. The minimum atomic E-state index is -2.88. The molecule has 0 radical (unpaired) electrons. The van der Waals surface area contributed by atoms with E-state index in [2.05, 4.69) is 17.6 Å². The molecule has 2 heterocycles. The van der Waals surface area contributed by atoms with E-state index in [9.17, 15) is 13.2 Å². The van der Waals surface area contributed by atoms with Crippen molar-refractivity contribution in [1.29, 1.82) is 0 Å². The molecule has 1 amide bonds. The molecule has 0 aromatic rings. The van der Waals surface area contributed by atoms with Gasteiger partial charge in [0.15, 0.2) is 9.84 Å². The first-order valence-electron chi connectivity index (χ1n) is 7.06. The van der Waals surface area contributed by atoms with Crippen molar-refractivity contribution >= 4 is 15.7 Å². The highest BCUT2D eigenvalue weighted by atomic mass is 32.2. The summed E-state index contributed by atoms with van der Waals surface area (Å²) in [5, 5.41) is 6.33. The molecule has 0 aromatic heterocycles. The van der Waals surface area contributed by atoms with Crippen LogP contribution < -0.4 is 10.6 Å². The highest BCUT2D eigenvalue weighted by Crippen LogP contribution is 2.25. The molecule has 0 aromatic carbocycles. The van der Waals surface area contributed by atoms with E-state index in [-0.39, 0.29) is 28.7 Å². The highest BCUT2D eigenvalue weighted by Gasteiger charge is 2.31. The first kappa shape index (κ1) is 14.8. The van der Waals surface area contributed by atoms with Crippen LogP contribution in [0.25, 0.3) is 0 Å². The Morgan fingerprint density at radius 3 is 2.84 bits per heavy atom. The predicted octanol–water partition coefficient (Wildman–Crippen LogP) is 0.317. The molecule has 2 aliphatic heterocycles. The number of hydrogen-bond acceptors (Lipinski definition) is 4. The predicted molar refractivity (Wildman–Crippen MR) is 74.6 cm³/mol. The summed E-state index contributed by atoms with van der Waals surface area (Å²) in [6.45, 7) is 4.85. The van der Waals surface area contributed by atoms with E-state index in [1.807, 2.05) is 0 Å². The van der Waals surface area contributed by atoms with Gasteiger partial charge >= 0.3 is 0 Å². The van der Waals surface area contributed by atoms with E-state index in [1.165, 1.54) is 0 Å². The third-order valence-electron chi connectivity index (χ3n) is 4.20. The second-order valence-corrected chi connectivity index (χ2v) is 8.57. The molecular weight excluding hydrogens is 264 g/mol. The number of sulfone groups is 1. The summed E-state index contributed by atoms with van der Waals surface area (Å²) in [5.74, 6) is 0.433. The molecule has 2 aliphatic rings. The van der Waals surface area contributed by atoms with Gasteiger partial charge in [-0.05, 0) is 37.1 Å². The molecule has 2 rings (SSSR count). The molecule has 0 saturated carbocycles. The van der Waals surface area contributed by atoms with Gasteiger partial charge in [-0.3, -0.25) is 4.79 Å². The number of carbonyl (C=O) groups is 1. The van der Waals surface area contributed by atoms with Gasteiger partial charge in [0.2, 0.25) is 5.91 Å². The van der Waals surface area contributed by atoms with Gasteiger partial charge in [0.1, 0.15) is 0 Å². The number of nitrogens with one attached hydrogen (secondary N) is 2. The molecule has 2 atom stereocenters. The Bertz CT molecular complexity index is 427. The van der Waals surface area contributed by atoms with Crippen LogP contribution in [0.3, 0.4) is 0 Å². The van der Waals surface area contributed by atoms with Crippen molar-refractivity contribution in [2.45, 2.75) is 32.6 Å². The summed E-state index contributed by atoms with van der Waals surface area (Å²) in [7, 11) is -2.88. The normalized spacial score (nSPS) is 34.1. The highest BCUT2D eigenvalue weighted by molar-refractivity contribution is 7.91. The van der Waals surface area contributed by atoms with E-state index in [0.29, 0.717) is 19.4 Å².